The van der Waals surface area contributed by atoms with Crippen molar-refractivity contribution >= 4 is 39.1 Å². The molecule has 0 unspecified atom stereocenters. The van der Waals surface area contributed by atoms with Gasteiger partial charge in [-0.05, 0) is 48.4 Å². The van der Waals surface area contributed by atoms with Crippen molar-refractivity contribution in [2.45, 2.75) is 30.8 Å². The lowest BCUT2D eigenvalue weighted by atomic mass is 10.1. The first kappa shape index (κ1) is 27.2. The minimum absolute atomic E-state index is 0.0128. The Morgan fingerprint density at radius 3 is 2.17 bits per heavy atom. The molecule has 0 aromatic heterocycles. The first-order valence-corrected chi connectivity index (χ1v) is 13.1. The summed E-state index contributed by atoms with van der Waals surface area (Å²) < 4.78 is 41.7. The number of sulfonamides is 1. The Labute approximate surface area is 215 Å². The number of hydrogen-bond acceptors (Lipinski definition) is 4. The standard InChI is InChI=1S/C26H27ClFN3O4S/c1-3-23(26(33)29-2)30(17-19-13-15-20(28)16-14-19)25(32)18-31(24-12-8-7-11-22(24)27)36(34,35)21-9-5-4-6-10-21/h4-16,23H,3,17-18H2,1-2H3,(H,29,33)/t23-/m1/s1. The van der Waals surface area contributed by atoms with Crippen LogP contribution in [0.5, 0.6) is 0 Å². The maximum Gasteiger partial charge on any atom is 0.264 e. The summed E-state index contributed by atoms with van der Waals surface area (Å²) in [5.41, 5.74) is 0.716. The van der Waals surface area contributed by atoms with E-state index < -0.39 is 40.2 Å². The molecule has 2 amide bonds. The van der Waals surface area contributed by atoms with Crippen LogP contribution in [0, 0.1) is 5.82 Å². The van der Waals surface area contributed by atoms with Crippen LogP contribution in [0.2, 0.25) is 5.02 Å². The molecule has 0 spiro atoms. The fourth-order valence-electron chi connectivity index (χ4n) is 3.76. The van der Waals surface area contributed by atoms with Crippen molar-refractivity contribution in [1.29, 1.82) is 0 Å². The molecule has 3 aromatic carbocycles. The van der Waals surface area contributed by atoms with Gasteiger partial charge < -0.3 is 10.2 Å². The van der Waals surface area contributed by atoms with Crippen LogP contribution in [-0.4, -0.2) is 44.8 Å². The van der Waals surface area contributed by atoms with Crippen LogP contribution in [-0.2, 0) is 26.2 Å². The first-order valence-electron chi connectivity index (χ1n) is 11.3. The average molecular weight is 532 g/mol. The van der Waals surface area contributed by atoms with E-state index in [0.29, 0.717) is 5.56 Å². The molecule has 3 rings (SSSR count). The number of benzene rings is 3. The van der Waals surface area contributed by atoms with E-state index in [1.807, 2.05) is 0 Å². The highest BCUT2D eigenvalue weighted by Gasteiger charge is 2.34. The predicted molar refractivity (Wildman–Crippen MR) is 138 cm³/mol. The molecular weight excluding hydrogens is 505 g/mol. The molecule has 0 saturated carbocycles. The normalized spacial score (nSPS) is 12.0. The number of hydrogen-bond donors (Lipinski definition) is 1. The second-order valence-corrected chi connectivity index (χ2v) is 10.2. The fraction of sp³-hybridized carbons (Fsp3) is 0.231. The van der Waals surface area contributed by atoms with Crippen molar-refractivity contribution in [2.24, 2.45) is 0 Å². The van der Waals surface area contributed by atoms with E-state index in [1.54, 1.807) is 37.3 Å². The molecule has 190 valence electrons. The van der Waals surface area contributed by atoms with Crippen molar-refractivity contribution in [3.05, 3.63) is 95.3 Å². The van der Waals surface area contributed by atoms with Crippen molar-refractivity contribution in [3.8, 4) is 0 Å². The summed E-state index contributed by atoms with van der Waals surface area (Å²) in [6.45, 7) is 1.12. The number of para-hydroxylation sites is 1. The molecule has 0 radical (unpaired) electrons. The number of nitrogens with one attached hydrogen (secondary N) is 1. The third-order valence-corrected chi connectivity index (χ3v) is 7.72. The summed E-state index contributed by atoms with van der Waals surface area (Å²) in [4.78, 5) is 27.7. The van der Waals surface area contributed by atoms with Gasteiger partial charge in [-0.25, -0.2) is 12.8 Å². The molecule has 1 atom stereocenters. The van der Waals surface area contributed by atoms with E-state index in [-0.39, 0.29) is 28.6 Å². The maximum atomic E-state index is 13.7. The minimum atomic E-state index is -4.19. The van der Waals surface area contributed by atoms with Gasteiger partial charge in [-0.2, -0.15) is 0 Å². The zero-order chi connectivity index (χ0) is 26.3. The van der Waals surface area contributed by atoms with Gasteiger partial charge in [0.2, 0.25) is 11.8 Å². The number of likely N-dealkylation sites (N-methyl/N-ethyl adjacent to an activating group) is 1. The number of anilines is 1. The summed E-state index contributed by atoms with van der Waals surface area (Å²) in [5.74, 6) is -1.45. The van der Waals surface area contributed by atoms with E-state index in [2.05, 4.69) is 5.32 Å². The highest BCUT2D eigenvalue weighted by atomic mass is 35.5. The minimum Gasteiger partial charge on any atom is -0.357 e. The Morgan fingerprint density at radius 1 is 0.972 bits per heavy atom. The highest BCUT2D eigenvalue weighted by Crippen LogP contribution is 2.30. The molecule has 0 aliphatic carbocycles. The Hall–Kier alpha value is -3.43. The molecule has 0 bridgehead atoms. The molecule has 36 heavy (non-hydrogen) atoms. The predicted octanol–water partition coefficient (Wildman–Crippen LogP) is 4.23. The van der Waals surface area contributed by atoms with Gasteiger partial charge >= 0.3 is 0 Å². The molecule has 7 nitrogen and oxygen atoms in total. The lowest BCUT2D eigenvalue weighted by Gasteiger charge is -2.33. The number of carbonyl (C=O) groups is 2. The van der Waals surface area contributed by atoms with Crippen molar-refractivity contribution in [3.63, 3.8) is 0 Å². The third-order valence-electron chi connectivity index (χ3n) is 5.63. The smallest absolute Gasteiger partial charge is 0.264 e. The van der Waals surface area contributed by atoms with E-state index in [1.165, 1.54) is 60.5 Å². The molecule has 10 heteroatoms. The molecular formula is C26H27ClFN3O4S. The summed E-state index contributed by atoms with van der Waals surface area (Å²) in [6, 6.07) is 18.7. The summed E-state index contributed by atoms with van der Waals surface area (Å²) >= 11 is 6.35. The Morgan fingerprint density at radius 2 is 1.58 bits per heavy atom. The largest absolute Gasteiger partial charge is 0.357 e. The lowest BCUT2D eigenvalue weighted by molar-refractivity contribution is -0.140. The van der Waals surface area contributed by atoms with E-state index in [0.717, 1.165) is 4.31 Å². The summed E-state index contributed by atoms with van der Waals surface area (Å²) in [6.07, 6.45) is 0.282. The highest BCUT2D eigenvalue weighted by molar-refractivity contribution is 7.92. The molecule has 0 aliphatic heterocycles. The molecule has 0 saturated heterocycles. The maximum absolute atomic E-state index is 13.7. The van der Waals surface area contributed by atoms with Crippen LogP contribution in [0.15, 0.2) is 83.8 Å². The molecule has 3 aromatic rings. The van der Waals surface area contributed by atoms with Gasteiger partial charge in [-0.15, -0.1) is 0 Å². The number of rotatable bonds is 10. The Bertz CT molecular complexity index is 1300. The molecule has 0 heterocycles. The molecule has 0 fully saturated rings. The lowest BCUT2D eigenvalue weighted by Crippen LogP contribution is -2.51. The van der Waals surface area contributed by atoms with Crippen LogP contribution in [0.3, 0.4) is 0 Å². The number of amides is 2. The van der Waals surface area contributed by atoms with E-state index in [4.69, 9.17) is 11.6 Å². The average Bonchev–Trinajstić information content (AvgIpc) is 2.89. The number of halogens is 2. The van der Waals surface area contributed by atoms with Gasteiger partial charge in [0.1, 0.15) is 18.4 Å². The zero-order valence-electron chi connectivity index (χ0n) is 19.9. The Kier molecular flexibility index (Phi) is 9.06. The van der Waals surface area contributed by atoms with Crippen LogP contribution < -0.4 is 9.62 Å². The second-order valence-electron chi connectivity index (χ2n) is 7.96. The first-order chi connectivity index (χ1) is 17.2. The van der Waals surface area contributed by atoms with Gasteiger partial charge in [0, 0.05) is 13.6 Å². The number of carbonyl (C=O) groups excluding carboxylic acids is 2. The van der Waals surface area contributed by atoms with Crippen LogP contribution in [0.25, 0.3) is 0 Å². The van der Waals surface area contributed by atoms with Gasteiger partial charge in [0.05, 0.1) is 15.6 Å². The van der Waals surface area contributed by atoms with Gasteiger partial charge in [0.25, 0.3) is 10.0 Å². The zero-order valence-corrected chi connectivity index (χ0v) is 21.5. The Balaban J connectivity index is 2.05. The van der Waals surface area contributed by atoms with E-state index >= 15 is 0 Å². The van der Waals surface area contributed by atoms with Crippen molar-refractivity contribution < 1.29 is 22.4 Å². The van der Waals surface area contributed by atoms with Gasteiger partial charge in [0.15, 0.2) is 0 Å². The number of nitrogens with zero attached hydrogens (tertiary/aromatic N) is 2. The van der Waals surface area contributed by atoms with Crippen LogP contribution in [0.4, 0.5) is 10.1 Å². The SMILES string of the molecule is CC[C@H](C(=O)NC)N(Cc1ccc(F)cc1)C(=O)CN(c1ccccc1Cl)S(=O)(=O)c1ccccc1. The van der Waals surface area contributed by atoms with Crippen LogP contribution >= 0.6 is 11.6 Å². The van der Waals surface area contributed by atoms with Gasteiger partial charge in [-0.3, -0.25) is 13.9 Å². The third kappa shape index (κ3) is 6.22. The second kappa shape index (κ2) is 12.0. The topological polar surface area (TPSA) is 86.8 Å². The quantitative estimate of drug-likeness (QED) is 0.424. The van der Waals surface area contributed by atoms with Crippen LogP contribution in [0.1, 0.15) is 18.9 Å². The van der Waals surface area contributed by atoms with Gasteiger partial charge in [-0.1, -0.05) is 61.0 Å². The fourth-order valence-corrected chi connectivity index (χ4v) is 5.50. The summed E-state index contributed by atoms with van der Waals surface area (Å²) in [7, 11) is -2.73. The van der Waals surface area contributed by atoms with Crippen molar-refractivity contribution in [2.75, 3.05) is 17.9 Å². The summed E-state index contributed by atoms with van der Waals surface area (Å²) in [5, 5.41) is 2.70. The monoisotopic (exact) mass is 531 g/mol. The molecule has 0 aliphatic rings. The van der Waals surface area contributed by atoms with Crippen molar-refractivity contribution in [1.82, 2.24) is 10.2 Å². The molecule has 1 N–H and O–H groups in total. The van der Waals surface area contributed by atoms with E-state index in [9.17, 15) is 22.4 Å².